The first-order valence-electron chi connectivity index (χ1n) is 6.69. The zero-order valence-electron chi connectivity index (χ0n) is 12.1. The highest BCUT2D eigenvalue weighted by Gasteiger charge is 2.15. The second-order valence-corrected chi connectivity index (χ2v) is 4.76. The van der Waals surface area contributed by atoms with Crippen LogP contribution in [0, 0.1) is 13.8 Å². The van der Waals surface area contributed by atoms with Gasteiger partial charge in [0, 0.05) is 11.8 Å². The third-order valence-electron chi connectivity index (χ3n) is 3.17. The van der Waals surface area contributed by atoms with Crippen LogP contribution in [-0.2, 0) is 11.2 Å². The first kappa shape index (κ1) is 13.9. The Morgan fingerprint density at radius 3 is 2.86 bits per heavy atom. The summed E-state index contributed by atoms with van der Waals surface area (Å²) in [6.07, 6.45) is 1.83. The number of hydrogen-bond donors (Lipinski definition) is 2. The van der Waals surface area contributed by atoms with Gasteiger partial charge in [-0.15, -0.1) is 10.2 Å². The van der Waals surface area contributed by atoms with Crippen LogP contribution < -0.4 is 5.32 Å². The van der Waals surface area contributed by atoms with Gasteiger partial charge in [0.2, 0.25) is 11.9 Å². The summed E-state index contributed by atoms with van der Waals surface area (Å²) in [5.74, 6) is 1.18. The lowest BCUT2D eigenvalue weighted by molar-refractivity contribution is -0.115. The minimum Gasteiger partial charge on any atom is -0.361 e. The van der Waals surface area contributed by atoms with Crippen LogP contribution in [0.15, 0.2) is 28.9 Å². The van der Waals surface area contributed by atoms with E-state index in [9.17, 15) is 4.79 Å². The fraction of sp³-hybridized carbons (Fsp3) is 0.214. The number of amides is 1. The molecule has 0 fully saturated rings. The van der Waals surface area contributed by atoms with Crippen molar-refractivity contribution in [2.75, 3.05) is 5.32 Å². The van der Waals surface area contributed by atoms with Crippen LogP contribution >= 0.6 is 0 Å². The predicted molar refractivity (Wildman–Crippen MR) is 77.9 cm³/mol. The Hall–Kier alpha value is -3.03. The van der Waals surface area contributed by atoms with Crippen molar-refractivity contribution in [3.8, 4) is 11.5 Å². The minimum atomic E-state index is -0.224. The van der Waals surface area contributed by atoms with Crippen LogP contribution in [0.3, 0.4) is 0 Å². The molecule has 112 valence electrons. The van der Waals surface area contributed by atoms with Crippen LogP contribution in [-0.4, -0.2) is 31.2 Å². The molecule has 0 spiro atoms. The molecule has 0 aliphatic carbocycles. The summed E-state index contributed by atoms with van der Waals surface area (Å²) in [5, 5.41) is 14.3. The summed E-state index contributed by atoms with van der Waals surface area (Å²) in [6, 6.07) is 5.46. The lowest BCUT2D eigenvalue weighted by Crippen LogP contribution is -2.16. The van der Waals surface area contributed by atoms with Crippen molar-refractivity contribution in [1.82, 2.24) is 25.3 Å². The molecular formula is C14H14N6O2. The highest BCUT2D eigenvalue weighted by atomic mass is 16.5. The molecule has 0 aliphatic heterocycles. The van der Waals surface area contributed by atoms with Gasteiger partial charge in [0.25, 0.3) is 0 Å². The van der Waals surface area contributed by atoms with Crippen LogP contribution in [0.4, 0.5) is 5.95 Å². The second-order valence-electron chi connectivity index (χ2n) is 4.76. The zero-order chi connectivity index (χ0) is 15.5. The van der Waals surface area contributed by atoms with Gasteiger partial charge < -0.3 is 9.51 Å². The Balaban J connectivity index is 1.69. The number of carbonyl (C=O) groups excluding carboxylic acids is 1. The Morgan fingerprint density at radius 2 is 2.18 bits per heavy atom. The molecule has 8 heteroatoms. The average Bonchev–Trinajstić information content (AvgIpc) is 3.10. The topological polar surface area (TPSA) is 110 Å². The van der Waals surface area contributed by atoms with Crippen LogP contribution in [0.5, 0.6) is 0 Å². The fourth-order valence-electron chi connectivity index (χ4n) is 2.03. The van der Waals surface area contributed by atoms with E-state index in [0.717, 1.165) is 5.56 Å². The van der Waals surface area contributed by atoms with E-state index in [0.29, 0.717) is 23.0 Å². The van der Waals surface area contributed by atoms with Gasteiger partial charge in [-0.1, -0.05) is 11.2 Å². The summed E-state index contributed by atoms with van der Waals surface area (Å²) >= 11 is 0. The zero-order valence-corrected chi connectivity index (χ0v) is 12.1. The fourth-order valence-corrected chi connectivity index (χ4v) is 2.03. The van der Waals surface area contributed by atoms with Gasteiger partial charge in [0.15, 0.2) is 5.82 Å². The molecule has 0 aliphatic rings. The third kappa shape index (κ3) is 2.85. The lowest BCUT2D eigenvalue weighted by atomic mass is 10.1. The van der Waals surface area contributed by atoms with E-state index >= 15 is 0 Å². The monoisotopic (exact) mass is 298 g/mol. The number of rotatable bonds is 4. The molecule has 2 N–H and O–H groups in total. The molecule has 3 aromatic rings. The van der Waals surface area contributed by atoms with E-state index in [4.69, 9.17) is 4.52 Å². The van der Waals surface area contributed by atoms with Crippen molar-refractivity contribution in [3.05, 3.63) is 41.4 Å². The van der Waals surface area contributed by atoms with Crippen molar-refractivity contribution < 1.29 is 9.32 Å². The van der Waals surface area contributed by atoms with Gasteiger partial charge in [-0.3, -0.25) is 15.1 Å². The maximum atomic E-state index is 12.0. The maximum Gasteiger partial charge on any atom is 0.231 e. The first-order chi connectivity index (χ1) is 10.6. The first-order valence-corrected chi connectivity index (χ1v) is 6.69. The Morgan fingerprint density at radius 1 is 1.32 bits per heavy atom. The minimum absolute atomic E-state index is 0.167. The molecular weight excluding hydrogens is 284 g/mol. The molecule has 0 radical (unpaired) electrons. The maximum absolute atomic E-state index is 12.0. The molecule has 0 saturated carbocycles. The molecule has 0 saturated heterocycles. The highest BCUT2D eigenvalue weighted by molar-refractivity contribution is 5.91. The van der Waals surface area contributed by atoms with Crippen LogP contribution in [0.1, 0.15) is 17.0 Å². The number of aryl methyl sites for hydroxylation is 2. The molecule has 3 heterocycles. The molecule has 0 aromatic carbocycles. The number of carbonyl (C=O) groups is 1. The SMILES string of the molecule is Cc1noc(C)c1CC(=O)Nc1nnc(-c2ccccn2)[nH]1. The van der Waals surface area contributed by atoms with E-state index in [1.165, 1.54) is 0 Å². The molecule has 0 atom stereocenters. The molecule has 0 bridgehead atoms. The number of H-pyrrole nitrogens is 1. The molecule has 1 amide bonds. The number of aromatic amines is 1. The molecule has 0 unspecified atom stereocenters. The standard InChI is InChI=1S/C14H14N6O2/c1-8-10(9(2)22-20-8)7-12(21)16-14-17-13(18-19-14)11-5-3-4-6-15-11/h3-6H,7H2,1-2H3,(H2,16,17,18,19,21). The molecule has 3 aromatic heterocycles. The summed E-state index contributed by atoms with van der Waals surface area (Å²) in [6.45, 7) is 3.57. The Labute approximate surface area is 126 Å². The van der Waals surface area contributed by atoms with E-state index in [1.54, 1.807) is 26.1 Å². The number of hydrogen-bond acceptors (Lipinski definition) is 6. The molecule has 22 heavy (non-hydrogen) atoms. The largest absolute Gasteiger partial charge is 0.361 e. The highest BCUT2D eigenvalue weighted by Crippen LogP contribution is 2.15. The average molecular weight is 298 g/mol. The predicted octanol–water partition coefficient (Wildman–Crippen LogP) is 1.65. The van der Waals surface area contributed by atoms with Crippen molar-refractivity contribution >= 4 is 11.9 Å². The van der Waals surface area contributed by atoms with Gasteiger partial charge in [-0.25, -0.2) is 0 Å². The van der Waals surface area contributed by atoms with E-state index in [2.05, 4.69) is 30.6 Å². The summed E-state index contributed by atoms with van der Waals surface area (Å²) in [5.41, 5.74) is 2.14. The normalized spacial score (nSPS) is 10.6. The van der Waals surface area contributed by atoms with E-state index in [1.807, 2.05) is 12.1 Å². The number of anilines is 1. The Bertz CT molecular complexity index is 773. The molecule has 8 nitrogen and oxygen atoms in total. The van der Waals surface area contributed by atoms with Gasteiger partial charge in [0.1, 0.15) is 11.5 Å². The molecule has 3 rings (SSSR count). The van der Waals surface area contributed by atoms with Crippen molar-refractivity contribution in [3.63, 3.8) is 0 Å². The van der Waals surface area contributed by atoms with Gasteiger partial charge in [-0.2, -0.15) is 0 Å². The lowest BCUT2D eigenvalue weighted by Gasteiger charge is -2.00. The number of nitrogens with one attached hydrogen (secondary N) is 2. The van der Waals surface area contributed by atoms with Gasteiger partial charge in [-0.05, 0) is 26.0 Å². The van der Waals surface area contributed by atoms with E-state index in [-0.39, 0.29) is 18.3 Å². The van der Waals surface area contributed by atoms with Crippen molar-refractivity contribution in [1.29, 1.82) is 0 Å². The van der Waals surface area contributed by atoms with E-state index < -0.39 is 0 Å². The number of pyridine rings is 1. The van der Waals surface area contributed by atoms with Crippen LogP contribution in [0.2, 0.25) is 0 Å². The number of nitrogens with zero attached hydrogens (tertiary/aromatic N) is 4. The van der Waals surface area contributed by atoms with Gasteiger partial charge >= 0.3 is 0 Å². The van der Waals surface area contributed by atoms with Crippen molar-refractivity contribution in [2.45, 2.75) is 20.3 Å². The number of aromatic nitrogens is 5. The summed E-state index contributed by atoms with van der Waals surface area (Å²) < 4.78 is 5.03. The smallest absolute Gasteiger partial charge is 0.231 e. The second kappa shape index (κ2) is 5.76. The van der Waals surface area contributed by atoms with Crippen LogP contribution in [0.25, 0.3) is 11.5 Å². The summed E-state index contributed by atoms with van der Waals surface area (Å²) in [7, 11) is 0. The Kier molecular flexibility index (Phi) is 3.65. The van der Waals surface area contributed by atoms with Crippen molar-refractivity contribution in [2.24, 2.45) is 0 Å². The quantitative estimate of drug-likeness (QED) is 0.758. The third-order valence-corrected chi connectivity index (χ3v) is 3.17. The summed E-state index contributed by atoms with van der Waals surface area (Å²) in [4.78, 5) is 19.1. The van der Waals surface area contributed by atoms with Gasteiger partial charge in [0.05, 0.1) is 12.1 Å².